The molecule has 0 radical (unpaired) electrons. The molecule has 5 rings (SSSR count). The predicted molar refractivity (Wildman–Crippen MR) is 165 cm³/mol. The van der Waals surface area contributed by atoms with Crippen LogP contribution in [0, 0.1) is 0 Å². The Bertz CT molecular complexity index is 1650. The second kappa shape index (κ2) is 12.0. The molecule has 0 aliphatic carbocycles. The van der Waals surface area contributed by atoms with Gasteiger partial charge in [0.15, 0.2) is 0 Å². The number of aromatic nitrogens is 1. The van der Waals surface area contributed by atoms with Crippen molar-refractivity contribution in [2.75, 3.05) is 25.7 Å². The molecule has 0 spiro atoms. The molecule has 9 heteroatoms. The van der Waals surface area contributed by atoms with Crippen LogP contribution in [0.5, 0.6) is 11.5 Å². The summed E-state index contributed by atoms with van der Waals surface area (Å²) in [7, 11) is 3.17. The molecule has 1 aliphatic rings. The number of anilines is 1. The highest BCUT2D eigenvalue weighted by molar-refractivity contribution is 6.33. The van der Waals surface area contributed by atoms with Gasteiger partial charge in [0, 0.05) is 45.7 Å². The van der Waals surface area contributed by atoms with Crippen LogP contribution < -0.4 is 14.4 Å². The van der Waals surface area contributed by atoms with E-state index in [9.17, 15) is 9.59 Å². The number of hydrogen-bond donors (Lipinski definition) is 0. The molecule has 1 unspecified atom stereocenters. The van der Waals surface area contributed by atoms with Gasteiger partial charge in [-0.15, -0.1) is 0 Å². The first-order valence-corrected chi connectivity index (χ1v) is 14.3. The smallest absolute Gasteiger partial charge is 0.254 e. The van der Waals surface area contributed by atoms with E-state index in [4.69, 9.17) is 32.7 Å². The molecule has 0 N–H and O–H groups in total. The molecular formula is C33H31Cl2N3O4. The number of rotatable bonds is 9. The van der Waals surface area contributed by atoms with Crippen molar-refractivity contribution in [3.8, 4) is 11.5 Å². The van der Waals surface area contributed by atoms with Gasteiger partial charge in [-0.3, -0.25) is 14.6 Å². The number of ether oxygens (including phenoxy) is 2. The fourth-order valence-corrected chi connectivity index (χ4v) is 5.93. The third-order valence-electron chi connectivity index (χ3n) is 7.78. The van der Waals surface area contributed by atoms with Crippen molar-refractivity contribution in [2.45, 2.75) is 32.4 Å². The van der Waals surface area contributed by atoms with Crippen molar-refractivity contribution in [1.82, 2.24) is 9.88 Å². The molecule has 42 heavy (non-hydrogen) atoms. The maximum absolute atomic E-state index is 14.4. The van der Waals surface area contributed by atoms with Crippen LogP contribution in [0.25, 0.3) is 0 Å². The molecule has 0 bridgehead atoms. The van der Waals surface area contributed by atoms with Gasteiger partial charge in [0.2, 0.25) is 5.91 Å². The van der Waals surface area contributed by atoms with Crippen molar-refractivity contribution in [3.63, 3.8) is 0 Å². The lowest BCUT2D eigenvalue weighted by molar-refractivity contribution is -0.121. The van der Waals surface area contributed by atoms with E-state index in [1.807, 2.05) is 50.2 Å². The van der Waals surface area contributed by atoms with Gasteiger partial charge in [0.25, 0.3) is 5.91 Å². The fourth-order valence-electron chi connectivity index (χ4n) is 5.45. The second-order valence-electron chi connectivity index (χ2n) is 10.2. The summed E-state index contributed by atoms with van der Waals surface area (Å²) in [6.45, 7) is 4.85. The summed E-state index contributed by atoms with van der Waals surface area (Å²) >= 11 is 13.3. The predicted octanol–water partition coefficient (Wildman–Crippen LogP) is 6.92. The van der Waals surface area contributed by atoms with E-state index in [1.54, 1.807) is 66.6 Å². The second-order valence-corrected chi connectivity index (χ2v) is 11.0. The molecule has 0 fully saturated rings. The monoisotopic (exact) mass is 603 g/mol. The Labute approximate surface area is 255 Å². The minimum absolute atomic E-state index is 0.179. The zero-order valence-electron chi connectivity index (χ0n) is 23.9. The van der Waals surface area contributed by atoms with Crippen LogP contribution in [-0.4, -0.2) is 42.5 Å². The van der Waals surface area contributed by atoms with Crippen LogP contribution >= 0.6 is 23.2 Å². The zero-order chi connectivity index (χ0) is 30.0. The highest BCUT2D eigenvalue weighted by atomic mass is 35.5. The van der Waals surface area contributed by atoms with Crippen molar-refractivity contribution in [1.29, 1.82) is 0 Å². The van der Waals surface area contributed by atoms with Crippen LogP contribution in [-0.2, 0) is 23.3 Å². The highest BCUT2D eigenvalue weighted by Crippen LogP contribution is 2.49. The van der Waals surface area contributed by atoms with E-state index in [-0.39, 0.29) is 18.4 Å². The highest BCUT2D eigenvalue weighted by Gasteiger charge is 2.50. The Morgan fingerprint density at radius 2 is 1.79 bits per heavy atom. The molecule has 216 valence electrons. The number of methoxy groups -OCH3 is 2. The number of fused-ring (bicyclic) bond motifs is 1. The Balaban J connectivity index is 1.55. The standard InChI is InChI=1S/C33H31Cl2N3O4/c1-5-37(20-24-8-6-7-15-36-24)31(39)21-10-13-28(35)26(16-21)33(2)27-17-23(34)11-14-29(27)38(32(33)40)19-22-9-12-25(41-3)18-30(22)42-4/h6-18H,5,19-20H2,1-4H3. The molecule has 1 aromatic heterocycles. The van der Waals surface area contributed by atoms with Gasteiger partial charge in [-0.05, 0) is 85.6 Å². The van der Waals surface area contributed by atoms with E-state index in [1.165, 1.54) is 0 Å². The Hall–Kier alpha value is -4.07. The van der Waals surface area contributed by atoms with Gasteiger partial charge >= 0.3 is 0 Å². The van der Waals surface area contributed by atoms with E-state index < -0.39 is 5.41 Å². The van der Waals surface area contributed by atoms with Crippen LogP contribution in [0.3, 0.4) is 0 Å². The lowest BCUT2D eigenvalue weighted by Crippen LogP contribution is -2.39. The summed E-state index contributed by atoms with van der Waals surface area (Å²) in [5.41, 5.74) is 2.77. The number of hydrogen-bond acceptors (Lipinski definition) is 5. The molecule has 1 atom stereocenters. The summed E-state index contributed by atoms with van der Waals surface area (Å²) < 4.78 is 10.9. The number of carbonyl (C=O) groups is 2. The molecule has 0 saturated heterocycles. The summed E-state index contributed by atoms with van der Waals surface area (Å²) in [6, 6.07) is 21.6. The van der Waals surface area contributed by atoms with Gasteiger partial charge in [-0.2, -0.15) is 0 Å². The van der Waals surface area contributed by atoms with Crippen molar-refractivity contribution < 1.29 is 19.1 Å². The summed E-state index contributed by atoms with van der Waals surface area (Å²) in [6.07, 6.45) is 1.70. The molecule has 0 saturated carbocycles. The van der Waals surface area contributed by atoms with E-state index in [0.717, 1.165) is 11.3 Å². The molecule has 3 aromatic carbocycles. The first-order valence-electron chi connectivity index (χ1n) is 13.5. The minimum Gasteiger partial charge on any atom is -0.497 e. The van der Waals surface area contributed by atoms with Crippen LogP contribution in [0.2, 0.25) is 10.0 Å². The first-order chi connectivity index (χ1) is 20.2. The number of carbonyl (C=O) groups excluding carboxylic acids is 2. The summed E-state index contributed by atoms with van der Waals surface area (Å²) in [5.74, 6) is 0.883. The average Bonchev–Trinajstić information content (AvgIpc) is 3.22. The third kappa shape index (κ3) is 5.30. The largest absolute Gasteiger partial charge is 0.497 e. The number of benzene rings is 3. The lowest BCUT2D eigenvalue weighted by atomic mass is 9.76. The maximum atomic E-state index is 14.4. The van der Waals surface area contributed by atoms with Crippen molar-refractivity contribution in [2.24, 2.45) is 0 Å². The van der Waals surface area contributed by atoms with Crippen LogP contribution in [0.4, 0.5) is 5.69 Å². The van der Waals surface area contributed by atoms with E-state index in [2.05, 4.69) is 4.98 Å². The van der Waals surface area contributed by atoms with Gasteiger partial charge in [0.1, 0.15) is 16.9 Å². The Morgan fingerprint density at radius 3 is 2.48 bits per heavy atom. The normalized spacial score (nSPS) is 15.9. The Morgan fingerprint density at radius 1 is 0.976 bits per heavy atom. The third-order valence-corrected chi connectivity index (χ3v) is 8.35. The van der Waals surface area contributed by atoms with Gasteiger partial charge in [0.05, 0.1) is 33.0 Å². The quantitative estimate of drug-likeness (QED) is 0.208. The molecule has 7 nitrogen and oxygen atoms in total. The van der Waals surface area contributed by atoms with Crippen molar-refractivity contribution >= 4 is 40.7 Å². The van der Waals surface area contributed by atoms with Crippen molar-refractivity contribution in [3.05, 3.63) is 117 Å². The maximum Gasteiger partial charge on any atom is 0.254 e. The molecule has 2 amide bonds. The number of nitrogens with zero attached hydrogens (tertiary/aromatic N) is 3. The molecule has 4 aromatic rings. The van der Waals surface area contributed by atoms with Crippen LogP contribution in [0.1, 0.15) is 46.6 Å². The summed E-state index contributed by atoms with van der Waals surface area (Å²) in [4.78, 5) is 35.9. The van der Waals surface area contributed by atoms with Gasteiger partial charge in [-0.1, -0.05) is 29.3 Å². The first kappa shape index (κ1) is 29.4. The molecular weight excluding hydrogens is 573 g/mol. The van der Waals surface area contributed by atoms with Crippen LogP contribution in [0.15, 0.2) is 79.0 Å². The SMILES string of the molecule is CCN(Cc1ccccn1)C(=O)c1ccc(Cl)c(C2(C)C(=O)N(Cc3ccc(OC)cc3OC)c3ccc(Cl)cc32)c1. The molecule has 1 aliphatic heterocycles. The summed E-state index contributed by atoms with van der Waals surface area (Å²) in [5, 5.41) is 0.873. The van der Waals surface area contributed by atoms with Gasteiger partial charge in [-0.25, -0.2) is 0 Å². The minimum atomic E-state index is -1.20. The Kier molecular flexibility index (Phi) is 8.43. The molecule has 2 heterocycles. The lowest BCUT2D eigenvalue weighted by Gasteiger charge is -2.28. The average molecular weight is 605 g/mol. The number of halogens is 2. The topological polar surface area (TPSA) is 72.0 Å². The zero-order valence-corrected chi connectivity index (χ0v) is 25.4. The number of pyridine rings is 1. The fraction of sp³-hybridized carbons (Fsp3) is 0.242. The van der Waals surface area contributed by atoms with Gasteiger partial charge < -0.3 is 19.3 Å². The number of amides is 2. The van der Waals surface area contributed by atoms with E-state index in [0.29, 0.717) is 57.0 Å². The van der Waals surface area contributed by atoms with E-state index >= 15 is 0 Å².